The molecule has 1 saturated heterocycles. The van der Waals surface area contributed by atoms with E-state index in [1.807, 2.05) is 31.2 Å². The molecule has 3 aromatic rings. The van der Waals surface area contributed by atoms with E-state index in [1.165, 1.54) is 21.7 Å². The molecule has 0 bridgehead atoms. The number of nitrogens with one attached hydrogen (secondary N) is 2. The second kappa shape index (κ2) is 9.37. The van der Waals surface area contributed by atoms with Gasteiger partial charge in [0.25, 0.3) is 17.4 Å². The fourth-order valence-corrected chi connectivity index (χ4v) is 4.62. The van der Waals surface area contributed by atoms with Gasteiger partial charge >= 0.3 is 0 Å². The van der Waals surface area contributed by atoms with Crippen LogP contribution >= 0.6 is 11.3 Å². The predicted molar refractivity (Wildman–Crippen MR) is 128 cm³/mol. The summed E-state index contributed by atoms with van der Waals surface area (Å²) in [5, 5.41) is 26.4. The average Bonchev–Trinajstić information content (AvgIpc) is 3.50. The summed E-state index contributed by atoms with van der Waals surface area (Å²) < 4.78 is 1.42. The molecule has 2 unspecified atom stereocenters. The van der Waals surface area contributed by atoms with Crippen molar-refractivity contribution >= 4 is 28.9 Å². The first-order valence-corrected chi connectivity index (χ1v) is 11.5. The number of H-pyrrole nitrogens is 1. The second-order valence-electron chi connectivity index (χ2n) is 8.23. The summed E-state index contributed by atoms with van der Waals surface area (Å²) in [6.07, 6.45) is -1.95. The Balaban J connectivity index is 1.47. The van der Waals surface area contributed by atoms with Gasteiger partial charge in [0.05, 0.1) is 38.9 Å². The van der Waals surface area contributed by atoms with E-state index >= 15 is 0 Å². The normalized spacial score (nSPS) is 18.4. The summed E-state index contributed by atoms with van der Waals surface area (Å²) in [6, 6.07) is 10.5. The minimum absolute atomic E-state index is 0.0407. The summed E-state index contributed by atoms with van der Waals surface area (Å²) in [4.78, 5) is 40.0. The highest BCUT2D eigenvalue weighted by atomic mass is 32.1. The number of hydrogen-bond donors (Lipinski definition) is 4. The molecule has 0 spiro atoms. The van der Waals surface area contributed by atoms with Gasteiger partial charge < -0.3 is 15.1 Å². The van der Waals surface area contributed by atoms with Crippen LogP contribution < -0.4 is 11.0 Å². The van der Waals surface area contributed by atoms with Gasteiger partial charge in [-0.05, 0) is 45.0 Å². The van der Waals surface area contributed by atoms with Gasteiger partial charge in [0.2, 0.25) is 0 Å². The van der Waals surface area contributed by atoms with Gasteiger partial charge in [-0.1, -0.05) is 17.7 Å². The number of thiophene rings is 1. The van der Waals surface area contributed by atoms with Crippen LogP contribution in [-0.2, 0) is 0 Å². The summed E-state index contributed by atoms with van der Waals surface area (Å²) in [7, 11) is 0. The number of aliphatic hydroxyl groups is 2. The molecule has 1 aromatic carbocycles. The highest BCUT2D eigenvalue weighted by Gasteiger charge is 2.33. The molecule has 1 fully saturated rings. The van der Waals surface area contributed by atoms with Crippen LogP contribution in [0.2, 0.25) is 0 Å². The Morgan fingerprint density at radius 1 is 1.06 bits per heavy atom. The topological polar surface area (TPSA) is 140 Å². The lowest BCUT2D eigenvalue weighted by Crippen LogP contribution is -2.29. The van der Waals surface area contributed by atoms with E-state index in [-0.39, 0.29) is 29.4 Å². The number of aromatic nitrogens is 2. The van der Waals surface area contributed by atoms with Crippen molar-refractivity contribution in [3.05, 3.63) is 73.3 Å². The first-order chi connectivity index (χ1) is 16.2. The smallest absolute Gasteiger partial charge is 0.281 e. The number of amides is 2. The van der Waals surface area contributed by atoms with Gasteiger partial charge in [-0.15, -0.1) is 11.3 Å². The van der Waals surface area contributed by atoms with E-state index in [4.69, 9.17) is 0 Å². The van der Waals surface area contributed by atoms with Gasteiger partial charge in [0, 0.05) is 18.8 Å². The van der Waals surface area contributed by atoms with Gasteiger partial charge in [-0.25, -0.2) is 10.1 Å². The molecule has 2 amide bonds. The number of carbonyl (C=O) groups is 2. The molecule has 10 nitrogen and oxygen atoms in total. The van der Waals surface area contributed by atoms with Crippen molar-refractivity contribution in [1.29, 1.82) is 0 Å². The molecule has 2 aromatic heterocycles. The molecule has 1 aliphatic heterocycles. The van der Waals surface area contributed by atoms with Crippen molar-refractivity contribution in [2.75, 3.05) is 13.1 Å². The molecule has 34 heavy (non-hydrogen) atoms. The number of aliphatic hydroxyl groups excluding tert-OH is 2. The minimum atomic E-state index is -0.975. The molecule has 3 heterocycles. The first kappa shape index (κ1) is 23.6. The highest BCUT2D eigenvalue weighted by molar-refractivity contribution is 7.15. The highest BCUT2D eigenvalue weighted by Crippen LogP contribution is 2.21. The van der Waals surface area contributed by atoms with E-state index in [9.17, 15) is 24.6 Å². The second-order valence-corrected chi connectivity index (χ2v) is 9.32. The van der Waals surface area contributed by atoms with Crippen molar-refractivity contribution in [3.8, 4) is 5.69 Å². The van der Waals surface area contributed by atoms with Crippen molar-refractivity contribution in [1.82, 2.24) is 20.1 Å². The molecular formula is C23H25N5O5S. The number of likely N-dealkylation sites (tertiary alicyclic amines) is 1. The number of benzene rings is 1. The number of hydrazone groups is 1. The van der Waals surface area contributed by atoms with Crippen LogP contribution in [0.15, 0.2) is 46.3 Å². The van der Waals surface area contributed by atoms with Crippen molar-refractivity contribution in [2.24, 2.45) is 5.10 Å². The van der Waals surface area contributed by atoms with E-state index < -0.39 is 18.1 Å². The Morgan fingerprint density at radius 2 is 1.68 bits per heavy atom. The molecule has 0 radical (unpaired) electrons. The first-order valence-electron chi connectivity index (χ1n) is 10.6. The maximum Gasteiger partial charge on any atom is 0.281 e. The fourth-order valence-electron chi connectivity index (χ4n) is 3.76. The van der Waals surface area contributed by atoms with Crippen molar-refractivity contribution in [2.45, 2.75) is 33.0 Å². The zero-order valence-electron chi connectivity index (χ0n) is 18.9. The van der Waals surface area contributed by atoms with Crippen LogP contribution in [0.4, 0.5) is 0 Å². The zero-order chi connectivity index (χ0) is 24.6. The largest absolute Gasteiger partial charge is 0.388 e. The number of hydrogen-bond acceptors (Lipinski definition) is 7. The third kappa shape index (κ3) is 4.58. The lowest BCUT2D eigenvalue weighted by Gasteiger charge is -2.13. The van der Waals surface area contributed by atoms with Gasteiger partial charge in [-0.2, -0.15) is 5.10 Å². The molecule has 1 aliphatic rings. The van der Waals surface area contributed by atoms with E-state index in [2.05, 4.69) is 15.6 Å². The molecular weight excluding hydrogens is 458 g/mol. The number of nitrogens with zero attached hydrogens (tertiary/aromatic N) is 3. The Kier molecular flexibility index (Phi) is 6.51. The molecule has 4 rings (SSSR count). The number of aryl methyl sites for hydroxylation is 2. The number of β-amino-alcohol motifs (C(OH)–C–C–N with tert-alkyl or cyclic N) is 2. The Hall–Kier alpha value is -3.54. The lowest BCUT2D eigenvalue weighted by molar-refractivity contribution is 0.0572. The van der Waals surface area contributed by atoms with Gasteiger partial charge in [0.1, 0.15) is 0 Å². The SMILES string of the molecule is C/C(=N\NC(=O)c1ccc(C(=O)N2CC(O)C(O)C2)s1)c1c(C)[nH]n(-c2ccc(C)cc2)c1=O. The van der Waals surface area contributed by atoms with Crippen molar-refractivity contribution < 1.29 is 19.8 Å². The molecule has 0 saturated carbocycles. The summed E-state index contributed by atoms with van der Waals surface area (Å²) in [6.45, 7) is 5.43. The monoisotopic (exact) mass is 483 g/mol. The molecule has 178 valence electrons. The third-order valence-electron chi connectivity index (χ3n) is 5.64. The van der Waals surface area contributed by atoms with Crippen LogP contribution in [0.3, 0.4) is 0 Å². The van der Waals surface area contributed by atoms with E-state index in [1.54, 1.807) is 13.8 Å². The Labute approximate surface area is 199 Å². The number of rotatable bonds is 5. The van der Waals surface area contributed by atoms with Gasteiger partial charge in [-0.3, -0.25) is 19.5 Å². The summed E-state index contributed by atoms with van der Waals surface area (Å²) >= 11 is 0.987. The molecule has 4 N–H and O–H groups in total. The van der Waals surface area contributed by atoms with E-state index in [0.29, 0.717) is 27.5 Å². The third-order valence-corrected chi connectivity index (χ3v) is 6.71. The van der Waals surface area contributed by atoms with E-state index in [0.717, 1.165) is 16.9 Å². The lowest BCUT2D eigenvalue weighted by atomic mass is 10.2. The van der Waals surface area contributed by atoms with Crippen molar-refractivity contribution in [3.63, 3.8) is 0 Å². The maximum atomic E-state index is 12.9. The van der Waals surface area contributed by atoms with Crippen LogP contribution in [0.25, 0.3) is 5.69 Å². The Morgan fingerprint density at radius 3 is 2.32 bits per heavy atom. The van der Waals surface area contributed by atoms with Crippen LogP contribution in [-0.4, -0.2) is 67.7 Å². The fraction of sp³-hybridized carbons (Fsp3) is 0.304. The number of carbonyl (C=O) groups excluding carboxylic acids is 2. The minimum Gasteiger partial charge on any atom is -0.388 e. The average molecular weight is 484 g/mol. The standard InChI is InChI=1S/C23H25N5O5S/c1-12-4-6-15(7-5-12)28-23(33)20(14(3)26-28)13(2)24-25-21(31)18-8-9-19(34-18)22(32)27-10-16(29)17(30)11-27/h4-9,16-17,26,29-30H,10-11H2,1-3H3,(H,25,31)/b24-13+. The van der Waals surface area contributed by atoms with Crippen LogP contribution in [0.5, 0.6) is 0 Å². The number of aromatic amines is 1. The summed E-state index contributed by atoms with van der Waals surface area (Å²) in [5.41, 5.74) is 5.23. The quantitative estimate of drug-likeness (QED) is 0.319. The predicted octanol–water partition coefficient (Wildman–Crippen LogP) is 1.18. The van der Waals surface area contributed by atoms with Crippen LogP contribution in [0.1, 0.15) is 43.1 Å². The van der Waals surface area contributed by atoms with Gasteiger partial charge in [0.15, 0.2) is 0 Å². The zero-order valence-corrected chi connectivity index (χ0v) is 19.7. The maximum absolute atomic E-state index is 12.9. The Bertz CT molecular complexity index is 1310. The summed E-state index contributed by atoms with van der Waals surface area (Å²) in [5.74, 6) is -0.879. The van der Waals surface area contributed by atoms with Crippen LogP contribution in [0, 0.1) is 13.8 Å². The molecule has 2 atom stereocenters. The molecule has 0 aliphatic carbocycles. The molecule has 11 heteroatoms.